The lowest BCUT2D eigenvalue weighted by molar-refractivity contribution is 0.645. The van der Waals surface area contributed by atoms with Gasteiger partial charge in [-0.3, -0.25) is 4.68 Å². The Morgan fingerprint density at radius 2 is 2.09 bits per heavy atom. The normalized spacial score (nSPS) is 13.9. The molecule has 0 spiro atoms. The SMILES string of the molecule is CC(C)c1cnn(C(C)S)c1. The van der Waals surface area contributed by atoms with Crippen LogP contribution < -0.4 is 0 Å². The van der Waals surface area contributed by atoms with Crippen LogP contribution in [0.5, 0.6) is 0 Å². The molecular weight excluding hydrogens is 156 g/mol. The first-order valence-corrected chi connectivity index (χ1v) is 4.35. The lowest BCUT2D eigenvalue weighted by Crippen LogP contribution is -1.97. The van der Waals surface area contributed by atoms with E-state index in [9.17, 15) is 0 Å². The molecule has 0 radical (unpaired) electrons. The minimum absolute atomic E-state index is 0.169. The summed E-state index contributed by atoms with van der Waals surface area (Å²) in [4.78, 5) is 0. The molecule has 3 heteroatoms. The zero-order valence-electron chi connectivity index (χ0n) is 7.15. The molecule has 0 saturated heterocycles. The number of hydrogen-bond acceptors (Lipinski definition) is 2. The zero-order chi connectivity index (χ0) is 8.43. The van der Waals surface area contributed by atoms with Crippen LogP contribution in [-0.4, -0.2) is 9.78 Å². The second-order valence-electron chi connectivity index (χ2n) is 3.04. The van der Waals surface area contributed by atoms with E-state index in [0.29, 0.717) is 5.92 Å². The standard InChI is InChI=1S/C8H14N2S/c1-6(2)8-4-9-10(5-8)7(3)11/h4-7,11H,1-3H3. The summed E-state index contributed by atoms with van der Waals surface area (Å²) in [5.74, 6) is 0.552. The Balaban J connectivity index is 2.82. The quantitative estimate of drug-likeness (QED) is 0.675. The molecule has 2 nitrogen and oxygen atoms in total. The molecule has 0 aromatic carbocycles. The van der Waals surface area contributed by atoms with Crippen molar-refractivity contribution in [2.75, 3.05) is 0 Å². The maximum Gasteiger partial charge on any atom is 0.0914 e. The van der Waals surface area contributed by atoms with Gasteiger partial charge < -0.3 is 0 Å². The van der Waals surface area contributed by atoms with Crippen molar-refractivity contribution in [1.29, 1.82) is 0 Å². The molecule has 11 heavy (non-hydrogen) atoms. The summed E-state index contributed by atoms with van der Waals surface area (Å²) in [6, 6.07) is 0. The Kier molecular flexibility index (Phi) is 2.60. The second kappa shape index (κ2) is 3.30. The molecule has 1 unspecified atom stereocenters. The van der Waals surface area contributed by atoms with Crippen molar-refractivity contribution in [2.45, 2.75) is 32.1 Å². The van der Waals surface area contributed by atoms with Gasteiger partial charge in [-0.05, 0) is 18.4 Å². The third-order valence-corrected chi connectivity index (χ3v) is 1.91. The maximum atomic E-state index is 4.27. The Labute approximate surface area is 73.0 Å². The lowest BCUT2D eigenvalue weighted by atomic mass is 10.1. The van der Waals surface area contributed by atoms with Crippen molar-refractivity contribution >= 4 is 12.6 Å². The van der Waals surface area contributed by atoms with Crippen LogP contribution in [0.25, 0.3) is 0 Å². The van der Waals surface area contributed by atoms with Crippen molar-refractivity contribution < 1.29 is 0 Å². The molecule has 0 amide bonds. The van der Waals surface area contributed by atoms with Gasteiger partial charge in [0, 0.05) is 6.20 Å². The van der Waals surface area contributed by atoms with Gasteiger partial charge >= 0.3 is 0 Å². The van der Waals surface area contributed by atoms with E-state index in [1.165, 1.54) is 5.56 Å². The number of hydrogen-bond donors (Lipinski definition) is 1. The maximum absolute atomic E-state index is 4.27. The smallest absolute Gasteiger partial charge is 0.0914 e. The molecule has 1 heterocycles. The fraction of sp³-hybridized carbons (Fsp3) is 0.625. The van der Waals surface area contributed by atoms with E-state index in [-0.39, 0.29) is 5.37 Å². The molecule has 62 valence electrons. The summed E-state index contributed by atoms with van der Waals surface area (Å²) in [7, 11) is 0. The minimum Gasteiger partial charge on any atom is -0.260 e. The van der Waals surface area contributed by atoms with Gasteiger partial charge in [0.15, 0.2) is 0 Å². The van der Waals surface area contributed by atoms with Gasteiger partial charge in [-0.25, -0.2) is 0 Å². The summed E-state index contributed by atoms with van der Waals surface area (Å²) in [6.07, 6.45) is 3.94. The van der Waals surface area contributed by atoms with E-state index in [1.807, 2.05) is 24.0 Å². The first-order chi connectivity index (χ1) is 5.11. The van der Waals surface area contributed by atoms with Crippen molar-refractivity contribution in [2.24, 2.45) is 0 Å². The Morgan fingerprint density at radius 3 is 2.36 bits per heavy atom. The minimum atomic E-state index is 0.169. The van der Waals surface area contributed by atoms with Crippen molar-refractivity contribution in [1.82, 2.24) is 9.78 Å². The van der Waals surface area contributed by atoms with Crippen LogP contribution in [0.1, 0.15) is 37.6 Å². The molecule has 1 atom stereocenters. The first kappa shape index (κ1) is 8.65. The average Bonchev–Trinajstić information content (AvgIpc) is 2.33. The fourth-order valence-electron chi connectivity index (χ4n) is 0.855. The summed E-state index contributed by atoms with van der Waals surface area (Å²) >= 11 is 4.27. The fourth-order valence-corrected chi connectivity index (χ4v) is 0.982. The van der Waals surface area contributed by atoms with Gasteiger partial charge in [-0.15, -0.1) is 0 Å². The highest BCUT2D eigenvalue weighted by molar-refractivity contribution is 7.80. The lowest BCUT2D eigenvalue weighted by Gasteiger charge is -2.02. The number of aromatic nitrogens is 2. The van der Waals surface area contributed by atoms with Crippen LogP contribution in [0.4, 0.5) is 0 Å². The predicted octanol–water partition coefficient (Wildman–Crippen LogP) is 2.45. The van der Waals surface area contributed by atoms with Crippen LogP contribution >= 0.6 is 12.6 Å². The number of thiol groups is 1. The van der Waals surface area contributed by atoms with E-state index < -0.39 is 0 Å². The molecule has 0 aliphatic heterocycles. The molecule has 0 saturated carbocycles. The van der Waals surface area contributed by atoms with E-state index in [4.69, 9.17) is 0 Å². The van der Waals surface area contributed by atoms with E-state index >= 15 is 0 Å². The molecule has 1 aromatic heterocycles. The molecule has 1 aromatic rings. The van der Waals surface area contributed by atoms with Crippen LogP contribution in [0.2, 0.25) is 0 Å². The van der Waals surface area contributed by atoms with Crippen molar-refractivity contribution in [3.05, 3.63) is 18.0 Å². The number of nitrogens with zero attached hydrogens (tertiary/aromatic N) is 2. The van der Waals surface area contributed by atoms with Gasteiger partial charge in [0.1, 0.15) is 0 Å². The van der Waals surface area contributed by atoms with Crippen LogP contribution in [0.3, 0.4) is 0 Å². The third-order valence-electron chi connectivity index (χ3n) is 1.67. The molecule has 0 N–H and O–H groups in total. The Bertz CT molecular complexity index is 205. The molecule has 1 rings (SSSR count). The van der Waals surface area contributed by atoms with E-state index in [2.05, 4.69) is 31.6 Å². The highest BCUT2D eigenvalue weighted by Gasteiger charge is 2.04. The first-order valence-electron chi connectivity index (χ1n) is 3.83. The molecule has 0 fully saturated rings. The van der Waals surface area contributed by atoms with Gasteiger partial charge in [-0.1, -0.05) is 13.8 Å². The highest BCUT2D eigenvalue weighted by atomic mass is 32.1. The Hall–Kier alpha value is -0.440. The Morgan fingerprint density at radius 1 is 1.45 bits per heavy atom. The van der Waals surface area contributed by atoms with Crippen LogP contribution in [-0.2, 0) is 0 Å². The predicted molar refractivity (Wildman–Crippen MR) is 50.0 cm³/mol. The molecular formula is C8H14N2S. The molecule has 0 aliphatic carbocycles. The van der Waals surface area contributed by atoms with Gasteiger partial charge in [0.2, 0.25) is 0 Å². The van der Waals surface area contributed by atoms with Crippen molar-refractivity contribution in [3.8, 4) is 0 Å². The molecule has 0 aliphatic rings. The van der Waals surface area contributed by atoms with Crippen LogP contribution in [0, 0.1) is 0 Å². The summed E-state index contributed by atoms with van der Waals surface area (Å²) in [5, 5.41) is 4.35. The summed E-state index contributed by atoms with van der Waals surface area (Å²) < 4.78 is 1.86. The van der Waals surface area contributed by atoms with Gasteiger partial charge in [-0.2, -0.15) is 17.7 Å². The largest absolute Gasteiger partial charge is 0.260 e. The second-order valence-corrected chi connectivity index (χ2v) is 3.79. The van der Waals surface area contributed by atoms with Gasteiger partial charge in [0.25, 0.3) is 0 Å². The van der Waals surface area contributed by atoms with E-state index in [1.54, 1.807) is 0 Å². The van der Waals surface area contributed by atoms with E-state index in [0.717, 1.165) is 0 Å². The van der Waals surface area contributed by atoms with Crippen LogP contribution in [0.15, 0.2) is 12.4 Å². The van der Waals surface area contributed by atoms with Crippen molar-refractivity contribution in [3.63, 3.8) is 0 Å². The molecule has 0 bridgehead atoms. The number of rotatable bonds is 2. The topological polar surface area (TPSA) is 17.8 Å². The highest BCUT2D eigenvalue weighted by Crippen LogP contribution is 2.16. The average molecular weight is 170 g/mol. The van der Waals surface area contributed by atoms with Gasteiger partial charge in [0.05, 0.1) is 11.6 Å². The zero-order valence-corrected chi connectivity index (χ0v) is 8.05. The third kappa shape index (κ3) is 1.99. The summed E-state index contributed by atoms with van der Waals surface area (Å²) in [5.41, 5.74) is 1.27. The monoisotopic (exact) mass is 170 g/mol. The summed E-state index contributed by atoms with van der Waals surface area (Å²) in [6.45, 7) is 6.31.